The molecule has 18 heavy (non-hydrogen) atoms. The zero-order valence-electron chi connectivity index (χ0n) is 9.80. The van der Waals surface area contributed by atoms with Crippen LogP contribution in [-0.2, 0) is 14.8 Å². The molecule has 8 heteroatoms. The molecule has 2 heterocycles. The molecule has 2 rings (SSSR count). The van der Waals surface area contributed by atoms with Gasteiger partial charge in [-0.15, -0.1) is 0 Å². The van der Waals surface area contributed by atoms with Crippen LogP contribution in [0.1, 0.15) is 26.2 Å². The molecule has 1 fully saturated rings. The normalized spacial score (nSPS) is 20.7. The van der Waals surface area contributed by atoms with Crippen LogP contribution in [0.4, 0.5) is 0 Å². The molecule has 1 amide bonds. The quantitative estimate of drug-likeness (QED) is 0.854. The van der Waals surface area contributed by atoms with Gasteiger partial charge in [0.25, 0.3) is 10.0 Å². The van der Waals surface area contributed by atoms with Gasteiger partial charge in [0.1, 0.15) is 0 Å². The molecule has 0 bridgehead atoms. The molecular weight excluding hydrogens is 296 g/mol. The second kappa shape index (κ2) is 5.14. The summed E-state index contributed by atoms with van der Waals surface area (Å²) >= 11 is 6.50. The maximum Gasteiger partial charge on any atom is 0.277 e. The van der Waals surface area contributed by atoms with E-state index < -0.39 is 10.0 Å². The minimum absolute atomic E-state index is 0.0259. The Morgan fingerprint density at radius 3 is 2.89 bits per heavy atom. The number of nitrogens with zero attached hydrogens (tertiary/aromatic N) is 2. The molecule has 5 nitrogen and oxygen atoms in total. The fourth-order valence-corrected chi connectivity index (χ4v) is 4.94. The van der Waals surface area contributed by atoms with Gasteiger partial charge in [-0.25, -0.2) is 17.7 Å². The summed E-state index contributed by atoms with van der Waals surface area (Å²) in [5.41, 5.74) is 0. The molecule has 0 radical (unpaired) electrons. The van der Waals surface area contributed by atoms with Crippen molar-refractivity contribution in [3.63, 3.8) is 0 Å². The number of carbonyl (C=O) groups excluding carboxylic acids is 1. The van der Waals surface area contributed by atoms with Crippen LogP contribution in [0.5, 0.6) is 0 Å². The van der Waals surface area contributed by atoms with Gasteiger partial charge in [0, 0.05) is 13.0 Å². The number of amides is 1. The Morgan fingerprint density at radius 1 is 1.61 bits per heavy atom. The summed E-state index contributed by atoms with van der Waals surface area (Å²) in [7, 11) is -3.76. The number of thiazole rings is 1. The summed E-state index contributed by atoms with van der Waals surface area (Å²) in [5, 5.41) is 0. The lowest BCUT2D eigenvalue weighted by Crippen LogP contribution is -2.32. The molecule has 1 aromatic heterocycles. The second-order valence-electron chi connectivity index (χ2n) is 4.22. The lowest BCUT2D eigenvalue weighted by atomic mass is 10.0. The zero-order chi connectivity index (χ0) is 13.3. The predicted molar refractivity (Wildman–Crippen MR) is 69.0 cm³/mol. The number of sulfonamides is 1. The van der Waals surface area contributed by atoms with Gasteiger partial charge in [0.15, 0.2) is 8.68 Å². The summed E-state index contributed by atoms with van der Waals surface area (Å²) in [6.07, 6.45) is 3.31. The SMILES string of the molecule is CCCC1CC(=O)N(S(=O)(=O)c2cnc(Cl)s2)C1. The van der Waals surface area contributed by atoms with Crippen molar-refractivity contribution in [1.29, 1.82) is 0 Å². The first-order valence-corrected chi connectivity index (χ1v) is 8.25. The van der Waals surface area contributed by atoms with Gasteiger partial charge in [-0.3, -0.25) is 4.79 Å². The fourth-order valence-electron chi connectivity index (χ4n) is 2.05. The van der Waals surface area contributed by atoms with Crippen molar-refractivity contribution in [2.24, 2.45) is 5.92 Å². The third-order valence-electron chi connectivity index (χ3n) is 2.86. The van der Waals surface area contributed by atoms with Gasteiger partial charge in [-0.2, -0.15) is 0 Å². The second-order valence-corrected chi connectivity index (χ2v) is 7.92. The first kappa shape index (κ1) is 13.8. The van der Waals surface area contributed by atoms with E-state index in [1.54, 1.807) is 0 Å². The fraction of sp³-hybridized carbons (Fsp3) is 0.600. The van der Waals surface area contributed by atoms with Gasteiger partial charge >= 0.3 is 0 Å². The third kappa shape index (κ3) is 2.53. The number of hydrogen-bond donors (Lipinski definition) is 0. The van der Waals surface area contributed by atoms with Crippen molar-refractivity contribution in [3.8, 4) is 0 Å². The summed E-state index contributed by atoms with van der Waals surface area (Å²) in [6, 6.07) is 0. The van der Waals surface area contributed by atoms with Crippen molar-refractivity contribution in [3.05, 3.63) is 10.7 Å². The Labute approximate surface area is 115 Å². The van der Waals surface area contributed by atoms with E-state index in [1.165, 1.54) is 6.20 Å². The molecule has 0 N–H and O–H groups in total. The lowest BCUT2D eigenvalue weighted by Gasteiger charge is -2.15. The first-order chi connectivity index (χ1) is 8.45. The third-order valence-corrected chi connectivity index (χ3v) is 6.20. The molecule has 0 spiro atoms. The summed E-state index contributed by atoms with van der Waals surface area (Å²) in [5.74, 6) is -0.210. The van der Waals surface area contributed by atoms with E-state index in [0.717, 1.165) is 28.5 Å². The van der Waals surface area contributed by atoms with Gasteiger partial charge in [0.2, 0.25) is 5.91 Å². The summed E-state index contributed by atoms with van der Waals surface area (Å²) < 4.78 is 25.6. The first-order valence-electron chi connectivity index (χ1n) is 5.62. The standard InChI is InChI=1S/C10H13ClN2O3S2/c1-2-3-7-4-8(14)13(6-7)18(15,16)9-5-12-10(11)17-9/h5,7H,2-4,6H2,1H3. The van der Waals surface area contributed by atoms with Gasteiger partial charge in [0.05, 0.1) is 6.20 Å². The van der Waals surface area contributed by atoms with Crippen LogP contribution in [0, 0.1) is 5.92 Å². The Kier molecular flexibility index (Phi) is 3.93. The Hall–Kier alpha value is -0.660. The molecule has 1 aliphatic rings. The maximum absolute atomic E-state index is 12.2. The van der Waals surface area contributed by atoms with Gasteiger partial charge in [-0.1, -0.05) is 36.3 Å². The molecule has 0 aliphatic carbocycles. The molecule has 1 aromatic rings. The van der Waals surface area contributed by atoms with Crippen LogP contribution >= 0.6 is 22.9 Å². The highest BCUT2D eigenvalue weighted by molar-refractivity contribution is 7.91. The Morgan fingerprint density at radius 2 is 2.33 bits per heavy atom. The van der Waals surface area contributed by atoms with E-state index in [2.05, 4.69) is 4.98 Å². The zero-order valence-corrected chi connectivity index (χ0v) is 12.2. The molecule has 100 valence electrons. The topological polar surface area (TPSA) is 67.3 Å². The van der Waals surface area contributed by atoms with Crippen molar-refractivity contribution >= 4 is 38.9 Å². The summed E-state index contributed by atoms with van der Waals surface area (Å²) in [6.45, 7) is 2.29. The van der Waals surface area contributed by atoms with Crippen molar-refractivity contribution < 1.29 is 13.2 Å². The average molecular weight is 309 g/mol. The van der Waals surface area contributed by atoms with Crippen LogP contribution in [0.15, 0.2) is 10.4 Å². The number of rotatable bonds is 4. The highest BCUT2D eigenvalue weighted by atomic mass is 35.5. The van der Waals surface area contributed by atoms with Crippen molar-refractivity contribution in [1.82, 2.24) is 9.29 Å². The Balaban J connectivity index is 2.24. The van der Waals surface area contributed by atoms with Gasteiger partial charge in [-0.05, 0) is 12.3 Å². The molecule has 1 saturated heterocycles. The smallest absolute Gasteiger partial charge is 0.274 e. The van der Waals surface area contributed by atoms with E-state index in [-0.39, 0.29) is 27.0 Å². The van der Waals surface area contributed by atoms with Crippen LogP contribution in [0.3, 0.4) is 0 Å². The Bertz CT molecular complexity index is 555. The van der Waals surface area contributed by atoms with Crippen molar-refractivity contribution in [2.45, 2.75) is 30.4 Å². The molecule has 1 unspecified atom stereocenters. The van der Waals surface area contributed by atoms with Crippen LogP contribution < -0.4 is 0 Å². The molecule has 1 aliphatic heterocycles. The minimum atomic E-state index is -3.76. The molecule has 0 saturated carbocycles. The number of hydrogen-bond acceptors (Lipinski definition) is 5. The highest BCUT2D eigenvalue weighted by Crippen LogP contribution is 2.31. The maximum atomic E-state index is 12.2. The van der Waals surface area contributed by atoms with Gasteiger partial charge < -0.3 is 0 Å². The number of carbonyl (C=O) groups is 1. The largest absolute Gasteiger partial charge is 0.277 e. The van der Waals surface area contributed by atoms with E-state index in [9.17, 15) is 13.2 Å². The number of aromatic nitrogens is 1. The van der Waals surface area contributed by atoms with Crippen LogP contribution in [0.25, 0.3) is 0 Å². The van der Waals surface area contributed by atoms with Crippen molar-refractivity contribution in [2.75, 3.05) is 6.54 Å². The van der Waals surface area contributed by atoms with E-state index in [0.29, 0.717) is 6.42 Å². The summed E-state index contributed by atoms with van der Waals surface area (Å²) in [4.78, 5) is 15.5. The average Bonchev–Trinajstić information content (AvgIpc) is 2.86. The molecular formula is C10H13ClN2O3S2. The lowest BCUT2D eigenvalue weighted by molar-refractivity contribution is -0.123. The van der Waals surface area contributed by atoms with E-state index in [4.69, 9.17) is 11.6 Å². The number of halogens is 1. The van der Waals surface area contributed by atoms with E-state index >= 15 is 0 Å². The van der Waals surface area contributed by atoms with E-state index in [1.807, 2.05) is 6.92 Å². The highest BCUT2D eigenvalue weighted by Gasteiger charge is 2.38. The van der Waals surface area contributed by atoms with Crippen LogP contribution in [-0.4, -0.2) is 30.2 Å². The minimum Gasteiger partial charge on any atom is -0.274 e. The molecule has 1 atom stereocenters. The van der Waals surface area contributed by atoms with Crippen LogP contribution in [0.2, 0.25) is 4.47 Å². The molecule has 0 aromatic carbocycles. The predicted octanol–water partition coefficient (Wildman–Crippen LogP) is 2.13. The monoisotopic (exact) mass is 308 g/mol.